The molecule has 0 unspecified atom stereocenters. The smallest absolute Gasteiger partial charge is 0.278 e. The lowest BCUT2D eigenvalue weighted by Crippen LogP contribution is -2.25. The van der Waals surface area contributed by atoms with Crippen molar-refractivity contribution in [2.75, 3.05) is 17.9 Å². The zero-order chi connectivity index (χ0) is 20.2. The number of fused-ring (bicyclic) bond motifs is 5. The Labute approximate surface area is 174 Å². The molecule has 2 aliphatic rings. The van der Waals surface area contributed by atoms with E-state index in [2.05, 4.69) is 5.32 Å². The first-order valence-electron chi connectivity index (χ1n) is 9.53. The molecule has 0 atom stereocenters. The second-order valence-corrected chi connectivity index (χ2v) is 8.18. The monoisotopic (exact) mass is 420 g/mol. The Morgan fingerprint density at radius 1 is 1.17 bits per heavy atom. The van der Waals surface area contributed by atoms with Crippen LogP contribution in [0.2, 0.25) is 0 Å². The van der Waals surface area contributed by atoms with Gasteiger partial charge >= 0.3 is 0 Å². The number of nitrogens with one attached hydrogen (secondary N) is 1. The lowest BCUT2D eigenvalue weighted by molar-refractivity contribution is -0.116. The number of aromatic nitrogens is 3. The molecular formula is C21H16N4O4S. The number of hydrogen-bond acceptors (Lipinski definition) is 6. The van der Waals surface area contributed by atoms with Crippen LogP contribution in [0.15, 0.2) is 52.4 Å². The summed E-state index contributed by atoms with van der Waals surface area (Å²) < 4.78 is 14.1. The van der Waals surface area contributed by atoms with Gasteiger partial charge < -0.3 is 19.4 Å². The summed E-state index contributed by atoms with van der Waals surface area (Å²) in [6.07, 6.45) is 0. The van der Waals surface area contributed by atoms with Crippen LogP contribution in [0.1, 0.15) is 0 Å². The predicted molar refractivity (Wildman–Crippen MR) is 113 cm³/mol. The first kappa shape index (κ1) is 17.4. The van der Waals surface area contributed by atoms with Crippen molar-refractivity contribution in [1.29, 1.82) is 0 Å². The number of ether oxygens (including phenoxy) is 2. The number of amides is 1. The fraction of sp³-hybridized carbons (Fsp3) is 0.190. The van der Waals surface area contributed by atoms with Gasteiger partial charge in [0.25, 0.3) is 5.56 Å². The maximum atomic E-state index is 13.2. The molecule has 0 fully saturated rings. The molecule has 0 aliphatic carbocycles. The highest BCUT2D eigenvalue weighted by atomic mass is 32.2. The van der Waals surface area contributed by atoms with Crippen LogP contribution >= 0.6 is 11.8 Å². The molecule has 6 rings (SSSR count). The fourth-order valence-electron chi connectivity index (χ4n) is 4.00. The van der Waals surface area contributed by atoms with Gasteiger partial charge in [-0.25, -0.2) is 4.98 Å². The Hall–Kier alpha value is -3.46. The van der Waals surface area contributed by atoms with E-state index >= 15 is 0 Å². The minimum Gasteiger partial charge on any atom is -0.454 e. The van der Waals surface area contributed by atoms with Gasteiger partial charge in [0.15, 0.2) is 16.7 Å². The molecule has 8 nitrogen and oxygen atoms in total. The molecule has 0 bridgehead atoms. The first-order valence-corrected chi connectivity index (χ1v) is 10.5. The van der Waals surface area contributed by atoms with E-state index in [0.717, 1.165) is 21.8 Å². The molecule has 30 heavy (non-hydrogen) atoms. The second kappa shape index (κ2) is 6.53. The van der Waals surface area contributed by atoms with Crippen molar-refractivity contribution in [1.82, 2.24) is 14.1 Å². The lowest BCUT2D eigenvalue weighted by Gasteiger charge is -2.10. The van der Waals surface area contributed by atoms with Crippen LogP contribution in [-0.2, 0) is 17.9 Å². The molecule has 4 heterocycles. The maximum Gasteiger partial charge on any atom is 0.278 e. The van der Waals surface area contributed by atoms with Crippen LogP contribution in [0.25, 0.3) is 21.9 Å². The Kier molecular flexibility index (Phi) is 3.79. The third kappa shape index (κ3) is 2.58. The maximum absolute atomic E-state index is 13.2. The van der Waals surface area contributed by atoms with Gasteiger partial charge in [-0.2, -0.15) is 0 Å². The summed E-state index contributed by atoms with van der Waals surface area (Å²) in [5.74, 6) is 1.84. The molecule has 9 heteroatoms. The fourth-order valence-corrected chi connectivity index (χ4v) is 4.95. The van der Waals surface area contributed by atoms with Gasteiger partial charge in [0, 0.05) is 29.4 Å². The molecule has 4 aromatic rings. The van der Waals surface area contributed by atoms with Crippen molar-refractivity contribution in [2.45, 2.75) is 18.2 Å². The summed E-state index contributed by atoms with van der Waals surface area (Å²) in [7, 11) is 0. The van der Waals surface area contributed by atoms with E-state index in [1.807, 2.05) is 24.3 Å². The minimum atomic E-state index is -0.240. The van der Waals surface area contributed by atoms with E-state index in [1.165, 1.54) is 0 Å². The summed E-state index contributed by atoms with van der Waals surface area (Å²) in [6.45, 7) is 0.808. The number of benzene rings is 2. The van der Waals surface area contributed by atoms with Crippen molar-refractivity contribution in [3.63, 3.8) is 0 Å². The van der Waals surface area contributed by atoms with E-state index < -0.39 is 0 Å². The number of hydrogen-bond donors (Lipinski definition) is 1. The Morgan fingerprint density at radius 2 is 2.03 bits per heavy atom. The number of carbonyl (C=O) groups excluding carboxylic acids is 1. The summed E-state index contributed by atoms with van der Waals surface area (Å²) in [6, 6.07) is 12.9. The molecule has 1 N–H and O–H groups in total. The Morgan fingerprint density at radius 3 is 2.97 bits per heavy atom. The standard InChI is InChI=1S/C21H16N4O4S/c26-17(22-12-5-6-15-16(9-12)29-11-28-15)10-25-14-4-2-1-3-13(14)18-19(25)20(27)24-7-8-30-21(24)23-18/h1-6,9H,7-8,10-11H2,(H,22,26). The molecule has 2 aromatic heterocycles. The molecule has 2 aromatic carbocycles. The third-order valence-corrected chi connectivity index (χ3v) is 6.29. The molecule has 0 radical (unpaired) electrons. The normalized spacial score (nSPS) is 14.4. The lowest BCUT2D eigenvalue weighted by atomic mass is 10.2. The molecule has 0 saturated carbocycles. The minimum absolute atomic E-state index is 0.00185. The molecule has 2 aliphatic heterocycles. The zero-order valence-electron chi connectivity index (χ0n) is 15.8. The molecule has 0 spiro atoms. The van der Waals surface area contributed by atoms with E-state index in [4.69, 9.17) is 14.5 Å². The predicted octanol–water partition coefficient (Wildman–Crippen LogP) is 2.82. The van der Waals surface area contributed by atoms with E-state index in [0.29, 0.717) is 34.8 Å². The number of thioether (sulfide) groups is 1. The van der Waals surface area contributed by atoms with Crippen molar-refractivity contribution in [3.05, 3.63) is 52.8 Å². The van der Waals surface area contributed by atoms with Gasteiger partial charge in [0.2, 0.25) is 12.7 Å². The Bertz CT molecular complexity index is 1410. The first-order chi connectivity index (χ1) is 14.7. The summed E-state index contributed by atoms with van der Waals surface area (Å²) in [5.41, 5.74) is 2.42. The van der Waals surface area contributed by atoms with Gasteiger partial charge in [-0.15, -0.1) is 0 Å². The van der Waals surface area contributed by atoms with Crippen molar-refractivity contribution in [2.24, 2.45) is 0 Å². The van der Waals surface area contributed by atoms with Crippen LogP contribution < -0.4 is 20.3 Å². The molecule has 0 saturated heterocycles. The van der Waals surface area contributed by atoms with Gasteiger partial charge in [-0.1, -0.05) is 30.0 Å². The topological polar surface area (TPSA) is 87.4 Å². The summed E-state index contributed by atoms with van der Waals surface area (Å²) in [4.78, 5) is 30.8. The van der Waals surface area contributed by atoms with Crippen LogP contribution in [0, 0.1) is 0 Å². The average molecular weight is 420 g/mol. The van der Waals surface area contributed by atoms with Gasteiger partial charge in [-0.3, -0.25) is 14.2 Å². The number of para-hydroxylation sites is 1. The highest BCUT2D eigenvalue weighted by molar-refractivity contribution is 7.99. The second-order valence-electron chi connectivity index (χ2n) is 7.12. The van der Waals surface area contributed by atoms with E-state index in [-0.39, 0.29) is 24.8 Å². The zero-order valence-corrected chi connectivity index (χ0v) is 16.6. The Balaban J connectivity index is 1.42. The summed E-state index contributed by atoms with van der Waals surface area (Å²) in [5, 5.41) is 4.49. The highest BCUT2D eigenvalue weighted by Gasteiger charge is 2.23. The SMILES string of the molecule is O=C(Cn1c2ccccc2c2nc3n(c(=O)c21)CCS3)Nc1ccc2c(c1)OCO2. The van der Waals surface area contributed by atoms with Crippen LogP contribution in [-0.4, -0.2) is 32.6 Å². The van der Waals surface area contributed by atoms with Crippen molar-refractivity contribution in [3.8, 4) is 11.5 Å². The number of rotatable bonds is 3. The van der Waals surface area contributed by atoms with Gasteiger partial charge in [-0.05, 0) is 18.2 Å². The quantitative estimate of drug-likeness (QED) is 0.513. The molecule has 150 valence electrons. The van der Waals surface area contributed by atoms with Crippen LogP contribution in [0.3, 0.4) is 0 Å². The largest absolute Gasteiger partial charge is 0.454 e. The van der Waals surface area contributed by atoms with Gasteiger partial charge in [0.1, 0.15) is 17.6 Å². The molecular weight excluding hydrogens is 404 g/mol. The molecule has 1 amide bonds. The number of nitrogens with zero attached hydrogens (tertiary/aromatic N) is 3. The van der Waals surface area contributed by atoms with Gasteiger partial charge in [0.05, 0.1) is 5.52 Å². The third-order valence-electron chi connectivity index (χ3n) is 5.33. The highest BCUT2D eigenvalue weighted by Crippen LogP contribution is 2.34. The van der Waals surface area contributed by atoms with E-state index in [9.17, 15) is 9.59 Å². The number of anilines is 1. The van der Waals surface area contributed by atoms with E-state index in [1.54, 1.807) is 39.1 Å². The average Bonchev–Trinajstić information content (AvgIpc) is 3.47. The summed E-state index contributed by atoms with van der Waals surface area (Å²) >= 11 is 1.58. The van der Waals surface area contributed by atoms with Crippen LogP contribution in [0.4, 0.5) is 5.69 Å². The van der Waals surface area contributed by atoms with Crippen molar-refractivity contribution < 1.29 is 14.3 Å². The van der Waals surface area contributed by atoms with Crippen LogP contribution in [0.5, 0.6) is 11.5 Å². The number of carbonyl (C=O) groups is 1. The van der Waals surface area contributed by atoms with Crippen molar-refractivity contribution >= 4 is 45.3 Å².